The molecule has 2 rings (SSSR count). The fraction of sp³-hybridized carbons (Fsp3) is 0.250. The van der Waals surface area contributed by atoms with Crippen LogP contribution in [0.1, 0.15) is 24.1 Å². The summed E-state index contributed by atoms with van der Waals surface area (Å²) in [5, 5.41) is 0. The molecule has 2 aromatic rings. The van der Waals surface area contributed by atoms with Crippen LogP contribution in [-0.4, -0.2) is 7.05 Å². The van der Waals surface area contributed by atoms with E-state index in [2.05, 4.69) is 67.4 Å². The van der Waals surface area contributed by atoms with Gasteiger partial charge in [-0.3, -0.25) is 0 Å². The molecule has 2 N–H and O–H groups in total. The second kappa shape index (κ2) is 5.23. The molecule has 2 heteroatoms. The molecule has 1 unspecified atom stereocenters. The Morgan fingerprint density at radius 3 is 2.22 bits per heavy atom. The van der Waals surface area contributed by atoms with E-state index in [0.29, 0.717) is 0 Å². The Balaban J connectivity index is 2.26. The summed E-state index contributed by atoms with van der Waals surface area (Å²) in [6, 6.07) is 17.0. The third kappa shape index (κ3) is 2.71. The highest BCUT2D eigenvalue weighted by molar-refractivity contribution is 5.63. The van der Waals surface area contributed by atoms with Crippen LogP contribution in [0.2, 0.25) is 0 Å². The van der Waals surface area contributed by atoms with Crippen molar-refractivity contribution in [2.24, 2.45) is 5.73 Å². The summed E-state index contributed by atoms with van der Waals surface area (Å²) in [5.41, 5.74) is 10.7. The van der Waals surface area contributed by atoms with Gasteiger partial charge in [-0.25, -0.2) is 0 Å². The van der Waals surface area contributed by atoms with Crippen molar-refractivity contribution in [3.8, 4) is 0 Å². The molecule has 1 atom stereocenters. The Kier molecular flexibility index (Phi) is 3.68. The molecule has 0 heterocycles. The van der Waals surface area contributed by atoms with Crippen molar-refractivity contribution < 1.29 is 0 Å². The lowest BCUT2D eigenvalue weighted by Gasteiger charge is -2.20. The van der Waals surface area contributed by atoms with Crippen molar-refractivity contribution in [3.05, 3.63) is 59.7 Å². The Bertz CT molecular complexity index is 515. The van der Waals surface area contributed by atoms with Crippen LogP contribution in [0.5, 0.6) is 0 Å². The van der Waals surface area contributed by atoms with E-state index >= 15 is 0 Å². The lowest BCUT2D eigenvalue weighted by Crippen LogP contribution is -2.10. The van der Waals surface area contributed by atoms with Gasteiger partial charge in [0, 0.05) is 24.5 Å². The molecule has 0 aromatic heterocycles. The first-order chi connectivity index (χ1) is 8.58. The third-order valence-corrected chi connectivity index (χ3v) is 3.20. The molecule has 0 aliphatic rings. The van der Waals surface area contributed by atoms with E-state index < -0.39 is 0 Å². The maximum atomic E-state index is 5.86. The van der Waals surface area contributed by atoms with Crippen LogP contribution in [0.25, 0.3) is 0 Å². The summed E-state index contributed by atoms with van der Waals surface area (Å²) < 4.78 is 0. The quantitative estimate of drug-likeness (QED) is 0.884. The van der Waals surface area contributed by atoms with Gasteiger partial charge >= 0.3 is 0 Å². The van der Waals surface area contributed by atoms with Gasteiger partial charge in [0.2, 0.25) is 0 Å². The van der Waals surface area contributed by atoms with E-state index in [-0.39, 0.29) is 6.04 Å². The molecule has 0 aliphatic heterocycles. The third-order valence-electron chi connectivity index (χ3n) is 3.20. The minimum atomic E-state index is 0.0864. The van der Waals surface area contributed by atoms with Crippen molar-refractivity contribution in [2.75, 3.05) is 11.9 Å². The highest BCUT2D eigenvalue weighted by Gasteiger charge is 2.05. The van der Waals surface area contributed by atoms with Crippen LogP contribution in [-0.2, 0) is 0 Å². The average Bonchev–Trinajstić information content (AvgIpc) is 2.38. The van der Waals surface area contributed by atoms with Gasteiger partial charge in [-0.2, -0.15) is 0 Å². The average molecular weight is 240 g/mol. The normalized spacial score (nSPS) is 12.2. The summed E-state index contributed by atoms with van der Waals surface area (Å²) in [7, 11) is 2.08. The number of nitrogens with two attached hydrogens (primary N) is 1. The molecule has 94 valence electrons. The van der Waals surface area contributed by atoms with Crippen molar-refractivity contribution in [1.29, 1.82) is 0 Å². The first kappa shape index (κ1) is 12.7. The number of aryl methyl sites for hydroxylation is 1. The lowest BCUT2D eigenvalue weighted by atomic mass is 10.1. The van der Waals surface area contributed by atoms with Gasteiger partial charge in [0.15, 0.2) is 0 Å². The van der Waals surface area contributed by atoms with Gasteiger partial charge in [-0.1, -0.05) is 24.3 Å². The van der Waals surface area contributed by atoms with E-state index in [1.807, 2.05) is 6.92 Å². The van der Waals surface area contributed by atoms with E-state index in [1.165, 1.54) is 16.9 Å². The van der Waals surface area contributed by atoms with Gasteiger partial charge in [0.25, 0.3) is 0 Å². The van der Waals surface area contributed by atoms with Gasteiger partial charge in [-0.05, 0) is 49.2 Å². The second-order valence-electron chi connectivity index (χ2n) is 4.78. The second-order valence-corrected chi connectivity index (χ2v) is 4.78. The molecule has 0 bridgehead atoms. The summed E-state index contributed by atoms with van der Waals surface area (Å²) >= 11 is 0. The van der Waals surface area contributed by atoms with Crippen LogP contribution in [0, 0.1) is 6.92 Å². The van der Waals surface area contributed by atoms with Gasteiger partial charge in [0.1, 0.15) is 0 Å². The van der Waals surface area contributed by atoms with Crippen LogP contribution >= 0.6 is 0 Å². The lowest BCUT2D eigenvalue weighted by molar-refractivity contribution is 0.818. The molecular formula is C16H20N2. The SMILES string of the molecule is Cc1cccc(N(C)c2ccc(C(C)N)cc2)c1. The van der Waals surface area contributed by atoms with Crippen LogP contribution in [0.4, 0.5) is 11.4 Å². The highest BCUT2D eigenvalue weighted by Crippen LogP contribution is 2.25. The molecule has 0 radical (unpaired) electrons. The highest BCUT2D eigenvalue weighted by atomic mass is 15.1. The monoisotopic (exact) mass is 240 g/mol. The van der Waals surface area contributed by atoms with E-state index in [1.54, 1.807) is 0 Å². The van der Waals surface area contributed by atoms with Gasteiger partial charge < -0.3 is 10.6 Å². The predicted octanol–water partition coefficient (Wildman–Crippen LogP) is 3.78. The molecule has 2 nitrogen and oxygen atoms in total. The fourth-order valence-electron chi connectivity index (χ4n) is 1.99. The number of benzene rings is 2. The maximum absolute atomic E-state index is 5.86. The van der Waals surface area contributed by atoms with Gasteiger partial charge in [-0.15, -0.1) is 0 Å². The first-order valence-electron chi connectivity index (χ1n) is 6.24. The number of hydrogen-bond donors (Lipinski definition) is 1. The standard InChI is InChI=1S/C16H20N2/c1-12-5-4-6-16(11-12)18(3)15-9-7-14(8-10-15)13(2)17/h4-11,13H,17H2,1-3H3. The molecule has 0 spiro atoms. The Hall–Kier alpha value is -1.80. The van der Waals surface area contributed by atoms with Crippen molar-refractivity contribution >= 4 is 11.4 Å². The Morgan fingerprint density at radius 2 is 1.67 bits per heavy atom. The Labute approximate surface area is 109 Å². The zero-order chi connectivity index (χ0) is 13.1. The zero-order valence-electron chi connectivity index (χ0n) is 11.2. The van der Waals surface area contributed by atoms with E-state index in [0.717, 1.165) is 5.56 Å². The maximum Gasteiger partial charge on any atom is 0.0410 e. The molecule has 0 saturated carbocycles. The van der Waals surface area contributed by atoms with E-state index in [4.69, 9.17) is 5.73 Å². The van der Waals surface area contributed by atoms with Crippen molar-refractivity contribution in [2.45, 2.75) is 19.9 Å². The molecule has 18 heavy (non-hydrogen) atoms. The number of hydrogen-bond acceptors (Lipinski definition) is 2. The summed E-state index contributed by atoms with van der Waals surface area (Å²) in [4.78, 5) is 2.18. The predicted molar refractivity (Wildman–Crippen MR) is 78.3 cm³/mol. The van der Waals surface area contributed by atoms with Crippen LogP contribution in [0.15, 0.2) is 48.5 Å². The molecular weight excluding hydrogens is 220 g/mol. The molecule has 0 amide bonds. The number of rotatable bonds is 3. The van der Waals surface area contributed by atoms with Gasteiger partial charge in [0.05, 0.1) is 0 Å². The van der Waals surface area contributed by atoms with Crippen LogP contribution < -0.4 is 10.6 Å². The summed E-state index contributed by atoms with van der Waals surface area (Å²) in [5.74, 6) is 0. The Morgan fingerprint density at radius 1 is 1.00 bits per heavy atom. The summed E-state index contributed by atoms with van der Waals surface area (Å²) in [6.07, 6.45) is 0. The summed E-state index contributed by atoms with van der Waals surface area (Å²) in [6.45, 7) is 4.11. The van der Waals surface area contributed by atoms with Crippen LogP contribution in [0.3, 0.4) is 0 Å². The van der Waals surface area contributed by atoms with E-state index in [9.17, 15) is 0 Å². The van der Waals surface area contributed by atoms with Crippen molar-refractivity contribution in [3.63, 3.8) is 0 Å². The molecule has 0 saturated heterocycles. The van der Waals surface area contributed by atoms with Crippen molar-refractivity contribution in [1.82, 2.24) is 0 Å². The fourth-order valence-corrected chi connectivity index (χ4v) is 1.99. The minimum absolute atomic E-state index is 0.0864. The number of anilines is 2. The molecule has 0 fully saturated rings. The zero-order valence-corrected chi connectivity index (χ0v) is 11.2. The largest absolute Gasteiger partial charge is 0.345 e. The molecule has 0 aliphatic carbocycles. The number of nitrogens with zero attached hydrogens (tertiary/aromatic N) is 1. The minimum Gasteiger partial charge on any atom is -0.345 e. The topological polar surface area (TPSA) is 29.3 Å². The molecule has 2 aromatic carbocycles. The smallest absolute Gasteiger partial charge is 0.0410 e. The first-order valence-corrected chi connectivity index (χ1v) is 6.24.